The molecule has 0 radical (unpaired) electrons. The van der Waals surface area contributed by atoms with Gasteiger partial charge in [0.05, 0.1) is 10.7 Å². The topological polar surface area (TPSA) is 61.4 Å². The van der Waals surface area contributed by atoms with Crippen molar-refractivity contribution in [3.8, 4) is 0 Å². The lowest BCUT2D eigenvalue weighted by molar-refractivity contribution is 0.102. The molecule has 1 aliphatic heterocycles. The van der Waals surface area contributed by atoms with Gasteiger partial charge in [0.2, 0.25) is 5.95 Å². The van der Waals surface area contributed by atoms with Gasteiger partial charge in [0.25, 0.3) is 5.91 Å². The molecule has 0 spiro atoms. The van der Waals surface area contributed by atoms with Crippen LogP contribution in [0.15, 0.2) is 30.5 Å². The van der Waals surface area contributed by atoms with Crippen molar-refractivity contribution in [2.24, 2.45) is 0 Å². The number of nitrogens with zero attached hydrogens (tertiary/aromatic N) is 4. The second-order valence-electron chi connectivity index (χ2n) is 5.61. The predicted octanol–water partition coefficient (Wildman–Crippen LogP) is 2.79. The quantitative estimate of drug-likeness (QED) is 0.905. The number of piperazine rings is 1. The highest BCUT2D eigenvalue weighted by atomic mass is 35.5. The number of hydrogen-bond acceptors (Lipinski definition) is 5. The first-order valence-electron chi connectivity index (χ1n) is 7.56. The van der Waals surface area contributed by atoms with Gasteiger partial charge in [-0.3, -0.25) is 4.79 Å². The molecule has 1 aromatic carbocycles. The molecule has 2 aromatic rings. The van der Waals surface area contributed by atoms with E-state index in [0.717, 1.165) is 26.2 Å². The molecule has 126 valence electrons. The van der Waals surface area contributed by atoms with E-state index < -0.39 is 0 Å². The highest BCUT2D eigenvalue weighted by Gasteiger charge is 2.18. The molecule has 6 nitrogen and oxygen atoms in total. The zero-order valence-corrected chi connectivity index (χ0v) is 14.7. The number of carbonyl (C=O) groups excluding carboxylic acids is 1. The van der Waals surface area contributed by atoms with Crippen molar-refractivity contribution >= 4 is 40.7 Å². The van der Waals surface area contributed by atoms with Gasteiger partial charge in [0.1, 0.15) is 5.69 Å². The molecule has 0 unspecified atom stereocenters. The zero-order chi connectivity index (χ0) is 17.1. The van der Waals surface area contributed by atoms with Gasteiger partial charge in [-0.05, 0) is 31.3 Å². The van der Waals surface area contributed by atoms with Crippen LogP contribution in [0.25, 0.3) is 0 Å². The van der Waals surface area contributed by atoms with Crippen molar-refractivity contribution in [2.45, 2.75) is 0 Å². The standard InChI is InChI=1S/C16H17Cl2N5O/c1-22-6-8-23(9-7-22)16-19-5-4-13(21-16)15(24)20-14-10-11(17)2-3-12(14)18/h2-5,10H,6-9H2,1H3,(H,20,24). The monoisotopic (exact) mass is 365 g/mol. The van der Waals surface area contributed by atoms with Crippen molar-refractivity contribution in [2.75, 3.05) is 43.4 Å². The van der Waals surface area contributed by atoms with Crippen LogP contribution in [0.3, 0.4) is 0 Å². The van der Waals surface area contributed by atoms with Crippen molar-refractivity contribution in [3.05, 3.63) is 46.2 Å². The molecule has 24 heavy (non-hydrogen) atoms. The summed E-state index contributed by atoms with van der Waals surface area (Å²) < 4.78 is 0. The lowest BCUT2D eigenvalue weighted by Gasteiger charge is -2.32. The summed E-state index contributed by atoms with van der Waals surface area (Å²) in [5, 5.41) is 3.65. The Hall–Kier alpha value is -1.89. The maximum atomic E-state index is 12.4. The van der Waals surface area contributed by atoms with E-state index in [-0.39, 0.29) is 11.6 Å². The predicted molar refractivity (Wildman–Crippen MR) is 96.2 cm³/mol. The summed E-state index contributed by atoms with van der Waals surface area (Å²) >= 11 is 12.0. The Morgan fingerprint density at radius 1 is 1.17 bits per heavy atom. The fourth-order valence-electron chi connectivity index (χ4n) is 2.41. The van der Waals surface area contributed by atoms with Crippen molar-refractivity contribution in [1.29, 1.82) is 0 Å². The summed E-state index contributed by atoms with van der Waals surface area (Å²) in [5.74, 6) is 0.213. The molecule has 1 aromatic heterocycles. The van der Waals surface area contributed by atoms with E-state index in [0.29, 0.717) is 21.7 Å². The van der Waals surface area contributed by atoms with Crippen LogP contribution in [0.2, 0.25) is 10.0 Å². The van der Waals surface area contributed by atoms with Crippen LogP contribution in [0.1, 0.15) is 10.5 Å². The molecule has 0 saturated carbocycles. The Balaban J connectivity index is 1.76. The fourth-order valence-corrected chi connectivity index (χ4v) is 2.75. The summed E-state index contributed by atoms with van der Waals surface area (Å²) in [7, 11) is 2.08. The van der Waals surface area contributed by atoms with Crippen molar-refractivity contribution < 1.29 is 4.79 Å². The molecular weight excluding hydrogens is 349 g/mol. The van der Waals surface area contributed by atoms with E-state index in [4.69, 9.17) is 23.2 Å². The smallest absolute Gasteiger partial charge is 0.274 e. The molecule has 1 N–H and O–H groups in total. The lowest BCUT2D eigenvalue weighted by Crippen LogP contribution is -2.45. The number of halogens is 2. The SMILES string of the molecule is CN1CCN(c2nccc(C(=O)Nc3cc(Cl)ccc3Cl)n2)CC1. The van der Waals surface area contributed by atoms with Gasteiger partial charge >= 0.3 is 0 Å². The number of anilines is 2. The van der Waals surface area contributed by atoms with Crippen molar-refractivity contribution in [1.82, 2.24) is 14.9 Å². The van der Waals surface area contributed by atoms with Gasteiger partial charge in [0, 0.05) is 37.4 Å². The Kier molecular flexibility index (Phi) is 5.18. The number of hydrogen-bond donors (Lipinski definition) is 1. The lowest BCUT2D eigenvalue weighted by atomic mass is 10.3. The molecule has 0 atom stereocenters. The van der Waals surface area contributed by atoms with Gasteiger partial charge in [-0.1, -0.05) is 23.2 Å². The third-order valence-electron chi connectivity index (χ3n) is 3.84. The molecular formula is C16H17Cl2N5O. The summed E-state index contributed by atoms with van der Waals surface area (Å²) in [4.78, 5) is 25.4. The molecule has 1 aliphatic rings. The van der Waals surface area contributed by atoms with E-state index in [1.54, 1.807) is 30.5 Å². The molecule has 8 heteroatoms. The van der Waals surface area contributed by atoms with E-state index in [1.807, 2.05) is 0 Å². The molecule has 1 fully saturated rings. The number of likely N-dealkylation sites (N-methyl/N-ethyl adjacent to an activating group) is 1. The number of amides is 1. The highest BCUT2D eigenvalue weighted by Crippen LogP contribution is 2.25. The second kappa shape index (κ2) is 7.34. The van der Waals surface area contributed by atoms with Gasteiger partial charge in [-0.2, -0.15) is 0 Å². The number of rotatable bonds is 3. The molecule has 1 amide bonds. The Labute approximate surface area is 150 Å². The third kappa shape index (κ3) is 3.95. The first kappa shape index (κ1) is 17.0. The van der Waals surface area contributed by atoms with E-state index in [1.165, 1.54) is 0 Å². The fraction of sp³-hybridized carbons (Fsp3) is 0.312. The van der Waals surface area contributed by atoms with E-state index in [2.05, 4.69) is 32.1 Å². The Morgan fingerprint density at radius 3 is 2.67 bits per heavy atom. The Morgan fingerprint density at radius 2 is 1.92 bits per heavy atom. The number of aromatic nitrogens is 2. The highest BCUT2D eigenvalue weighted by molar-refractivity contribution is 6.35. The number of benzene rings is 1. The third-order valence-corrected chi connectivity index (χ3v) is 4.40. The summed E-state index contributed by atoms with van der Waals surface area (Å²) in [6, 6.07) is 6.47. The second-order valence-corrected chi connectivity index (χ2v) is 6.45. The van der Waals surface area contributed by atoms with E-state index >= 15 is 0 Å². The first-order chi connectivity index (χ1) is 11.5. The van der Waals surface area contributed by atoms with Crippen LogP contribution in [-0.4, -0.2) is 54.0 Å². The average Bonchev–Trinajstić information content (AvgIpc) is 2.59. The van der Waals surface area contributed by atoms with Crippen molar-refractivity contribution in [3.63, 3.8) is 0 Å². The summed E-state index contributed by atoms with van der Waals surface area (Å²) in [5.41, 5.74) is 0.740. The van der Waals surface area contributed by atoms with Crippen LogP contribution < -0.4 is 10.2 Å². The maximum Gasteiger partial charge on any atom is 0.274 e. The summed E-state index contributed by atoms with van der Waals surface area (Å²) in [6.45, 7) is 3.55. The molecule has 0 bridgehead atoms. The minimum absolute atomic E-state index is 0.287. The molecule has 1 saturated heterocycles. The van der Waals surface area contributed by atoms with E-state index in [9.17, 15) is 4.79 Å². The largest absolute Gasteiger partial charge is 0.338 e. The van der Waals surface area contributed by atoms with Crippen LogP contribution in [0.4, 0.5) is 11.6 Å². The average molecular weight is 366 g/mol. The van der Waals surface area contributed by atoms with Gasteiger partial charge in [-0.25, -0.2) is 9.97 Å². The molecule has 0 aliphatic carbocycles. The maximum absolute atomic E-state index is 12.4. The molecule has 2 heterocycles. The first-order valence-corrected chi connectivity index (χ1v) is 8.31. The van der Waals surface area contributed by atoms with Crippen LogP contribution in [-0.2, 0) is 0 Å². The number of carbonyl (C=O) groups is 1. The molecule has 3 rings (SSSR count). The zero-order valence-electron chi connectivity index (χ0n) is 13.2. The van der Waals surface area contributed by atoms with Crippen LogP contribution >= 0.6 is 23.2 Å². The minimum Gasteiger partial charge on any atom is -0.338 e. The van der Waals surface area contributed by atoms with Crippen LogP contribution in [0.5, 0.6) is 0 Å². The van der Waals surface area contributed by atoms with Gasteiger partial charge in [0.15, 0.2) is 0 Å². The normalized spacial score (nSPS) is 15.4. The summed E-state index contributed by atoms with van der Waals surface area (Å²) in [6.07, 6.45) is 1.59. The van der Waals surface area contributed by atoms with Crippen LogP contribution in [0, 0.1) is 0 Å². The Bertz CT molecular complexity index is 747. The van der Waals surface area contributed by atoms with Gasteiger partial charge < -0.3 is 15.1 Å². The van der Waals surface area contributed by atoms with Gasteiger partial charge in [-0.15, -0.1) is 0 Å². The number of nitrogens with one attached hydrogen (secondary N) is 1. The minimum atomic E-state index is -0.350.